The molecule has 0 saturated carbocycles. The van der Waals surface area contributed by atoms with Gasteiger partial charge in [-0.3, -0.25) is 0 Å². The lowest BCUT2D eigenvalue weighted by atomic mass is 10.1. The van der Waals surface area contributed by atoms with E-state index in [9.17, 15) is 13.2 Å². The summed E-state index contributed by atoms with van der Waals surface area (Å²) in [5.74, 6) is 0.379. The average Bonchev–Trinajstić information content (AvgIpc) is 2.65. The first-order chi connectivity index (χ1) is 8.65. The summed E-state index contributed by atoms with van der Waals surface area (Å²) in [4.78, 5) is 4.06. The number of hydrogen-bond donors (Lipinski definition) is 1. The van der Waals surface area contributed by atoms with Crippen molar-refractivity contribution in [2.75, 3.05) is 0 Å². The molecule has 1 heterocycles. The predicted molar refractivity (Wildman–Crippen MR) is 65.6 cm³/mol. The summed E-state index contributed by atoms with van der Waals surface area (Å²) in [5, 5.41) is 3.17. The van der Waals surface area contributed by atoms with Crippen LogP contribution in [-0.4, -0.2) is 10.5 Å². The second-order valence-electron chi connectivity index (χ2n) is 5.39. The minimum atomic E-state index is -4.36. The summed E-state index contributed by atoms with van der Waals surface area (Å²) in [6.07, 6.45) is -4.36. The van der Waals surface area contributed by atoms with Gasteiger partial charge in [0, 0.05) is 5.54 Å². The van der Waals surface area contributed by atoms with Crippen LogP contribution in [0.1, 0.15) is 32.2 Å². The van der Waals surface area contributed by atoms with Gasteiger partial charge in [-0.15, -0.1) is 0 Å². The van der Waals surface area contributed by atoms with E-state index in [0.29, 0.717) is 18.0 Å². The zero-order valence-electron chi connectivity index (χ0n) is 10.9. The van der Waals surface area contributed by atoms with E-state index in [-0.39, 0.29) is 11.1 Å². The molecule has 0 fully saturated rings. The molecule has 0 atom stereocenters. The van der Waals surface area contributed by atoms with E-state index in [2.05, 4.69) is 10.3 Å². The van der Waals surface area contributed by atoms with Crippen molar-refractivity contribution in [3.8, 4) is 0 Å². The number of alkyl halides is 3. The van der Waals surface area contributed by atoms with Crippen molar-refractivity contribution in [2.24, 2.45) is 0 Å². The fraction of sp³-hybridized carbons (Fsp3) is 0.462. The number of rotatable bonds is 2. The van der Waals surface area contributed by atoms with Gasteiger partial charge in [0.25, 0.3) is 0 Å². The van der Waals surface area contributed by atoms with Gasteiger partial charge >= 0.3 is 6.18 Å². The third-order valence-corrected chi connectivity index (χ3v) is 2.53. The van der Waals surface area contributed by atoms with Gasteiger partial charge in [-0.2, -0.15) is 13.2 Å². The van der Waals surface area contributed by atoms with Crippen LogP contribution < -0.4 is 5.32 Å². The van der Waals surface area contributed by atoms with Crippen LogP contribution in [0, 0.1) is 0 Å². The molecule has 1 aromatic carbocycles. The van der Waals surface area contributed by atoms with Crippen LogP contribution in [0.15, 0.2) is 22.6 Å². The van der Waals surface area contributed by atoms with Crippen molar-refractivity contribution in [3.63, 3.8) is 0 Å². The maximum Gasteiger partial charge on any atom is 0.416 e. The number of oxazole rings is 1. The number of aromatic nitrogens is 1. The highest BCUT2D eigenvalue weighted by Crippen LogP contribution is 2.31. The Kier molecular flexibility index (Phi) is 3.30. The summed E-state index contributed by atoms with van der Waals surface area (Å²) in [6.45, 7) is 6.33. The monoisotopic (exact) mass is 272 g/mol. The summed E-state index contributed by atoms with van der Waals surface area (Å²) >= 11 is 0. The normalized spacial score (nSPS) is 13.2. The van der Waals surface area contributed by atoms with Crippen molar-refractivity contribution < 1.29 is 17.6 Å². The van der Waals surface area contributed by atoms with Crippen LogP contribution in [0.2, 0.25) is 0 Å². The third kappa shape index (κ3) is 3.47. The van der Waals surface area contributed by atoms with Crippen molar-refractivity contribution in [1.82, 2.24) is 10.3 Å². The number of hydrogen-bond acceptors (Lipinski definition) is 3. The molecule has 0 radical (unpaired) electrons. The first-order valence-electron chi connectivity index (χ1n) is 5.87. The van der Waals surface area contributed by atoms with Gasteiger partial charge in [0.1, 0.15) is 5.52 Å². The second kappa shape index (κ2) is 4.52. The number of nitrogens with one attached hydrogen (secondary N) is 1. The molecule has 19 heavy (non-hydrogen) atoms. The first-order valence-corrected chi connectivity index (χ1v) is 5.87. The Morgan fingerprint density at radius 3 is 2.47 bits per heavy atom. The lowest BCUT2D eigenvalue weighted by Crippen LogP contribution is -2.35. The smallest absolute Gasteiger partial charge is 0.416 e. The standard InChI is InChI=1S/C13H15F3N2O/c1-12(2,3)17-7-11-18-9-6-8(13(14,15)16)4-5-10(9)19-11/h4-6,17H,7H2,1-3H3. The van der Waals surface area contributed by atoms with Crippen LogP contribution in [0.4, 0.5) is 13.2 Å². The topological polar surface area (TPSA) is 38.1 Å². The molecule has 0 aliphatic rings. The van der Waals surface area contributed by atoms with Gasteiger partial charge in [-0.25, -0.2) is 4.98 Å². The highest BCUT2D eigenvalue weighted by atomic mass is 19.4. The van der Waals surface area contributed by atoms with Gasteiger partial charge in [0.05, 0.1) is 12.1 Å². The zero-order chi connectivity index (χ0) is 14.3. The Bertz CT molecular complexity index is 582. The molecule has 0 bridgehead atoms. The van der Waals surface area contributed by atoms with E-state index in [1.165, 1.54) is 6.07 Å². The highest BCUT2D eigenvalue weighted by Gasteiger charge is 2.31. The number of nitrogens with zero attached hydrogens (tertiary/aromatic N) is 1. The summed E-state index contributed by atoms with van der Waals surface area (Å²) < 4.78 is 43.1. The maximum atomic E-state index is 12.6. The molecule has 0 aliphatic carbocycles. The molecule has 6 heteroatoms. The molecule has 0 amide bonds. The number of benzene rings is 1. The van der Waals surface area contributed by atoms with Gasteiger partial charge in [0.2, 0.25) is 5.89 Å². The van der Waals surface area contributed by atoms with Crippen molar-refractivity contribution >= 4 is 11.1 Å². The average molecular weight is 272 g/mol. The molecule has 0 saturated heterocycles. The maximum absolute atomic E-state index is 12.6. The minimum absolute atomic E-state index is 0.113. The molecule has 3 nitrogen and oxygen atoms in total. The first kappa shape index (κ1) is 13.9. The largest absolute Gasteiger partial charge is 0.439 e. The SMILES string of the molecule is CC(C)(C)NCc1nc2cc(C(F)(F)F)ccc2o1. The van der Waals surface area contributed by atoms with Gasteiger partial charge < -0.3 is 9.73 Å². The Labute approximate surface area is 108 Å². The molecule has 104 valence electrons. The molecular formula is C13H15F3N2O. The van der Waals surface area contributed by atoms with E-state index < -0.39 is 11.7 Å². The molecule has 0 spiro atoms. The van der Waals surface area contributed by atoms with Crippen LogP contribution in [0.3, 0.4) is 0 Å². The van der Waals surface area contributed by atoms with Crippen LogP contribution in [-0.2, 0) is 12.7 Å². The lowest BCUT2D eigenvalue weighted by Gasteiger charge is -2.18. The van der Waals surface area contributed by atoms with Crippen LogP contribution in [0.5, 0.6) is 0 Å². The lowest BCUT2D eigenvalue weighted by molar-refractivity contribution is -0.137. The second-order valence-corrected chi connectivity index (χ2v) is 5.39. The quantitative estimate of drug-likeness (QED) is 0.905. The van der Waals surface area contributed by atoms with Gasteiger partial charge in [0.15, 0.2) is 5.58 Å². The van der Waals surface area contributed by atoms with Crippen molar-refractivity contribution in [2.45, 2.75) is 39.0 Å². The Morgan fingerprint density at radius 2 is 1.89 bits per heavy atom. The van der Waals surface area contributed by atoms with Crippen LogP contribution >= 0.6 is 0 Å². The molecular weight excluding hydrogens is 257 g/mol. The summed E-state index contributed by atoms with van der Waals surface area (Å²) in [5.41, 5.74) is -0.250. The molecule has 1 aromatic heterocycles. The van der Waals surface area contributed by atoms with E-state index in [1.807, 2.05) is 20.8 Å². The van der Waals surface area contributed by atoms with E-state index in [4.69, 9.17) is 4.42 Å². The van der Waals surface area contributed by atoms with E-state index in [0.717, 1.165) is 12.1 Å². The Hall–Kier alpha value is -1.56. The molecule has 2 aromatic rings. The molecule has 2 rings (SSSR count). The summed E-state index contributed by atoms with van der Waals surface area (Å²) in [7, 11) is 0. The van der Waals surface area contributed by atoms with Gasteiger partial charge in [-0.1, -0.05) is 0 Å². The molecule has 1 N–H and O–H groups in total. The number of fused-ring (bicyclic) bond motifs is 1. The highest BCUT2D eigenvalue weighted by molar-refractivity contribution is 5.73. The zero-order valence-corrected chi connectivity index (χ0v) is 10.9. The fourth-order valence-electron chi connectivity index (χ4n) is 1.57. The van der Waals surface area contributed by atoms with Crippen molar-refractivity contribution in [1.29, 1.82) is 0 Å². The van der Waals surface area contributed by atoms with E-state index in [1.54, 1.807) is 0 Å². The van der Waals surface area contributed by atoms with Crippen LogP contribution in [0.25, 0.3) is 11.1 Å². The summed E-state index contributed by atoms with van der Waals surface area (Å²) in [6, 6.07) is 3.29. The van der Waals surface area contributed by atoms with Gasteiger partial charge in [-0.05, 0) is 39.0 Å². The fourth-order valence-corrected chi connectivity index (χ4v) is 1.57. The Morgan fingerprint density at radius 1 is 1.21 bits per heavy atom. The van der Waals surface area contributed by atoms with Crippen molar-refractivity contribution in [3.05, 3.63) is 29.7 Å². The predicted octanol–water partition coefficient (Wildman–Crippen LogP) is 3.73. The van der Waals surface area contributed by atoms with E-state index >= 15 is 0 Å². The third-order valence-electron chi connectivity index (χ3n) is 2.53. The molecule has 0 unspecified atom stereocenters. The number of halogens is 3. The minimum Gasteiger partial charge on any atom is -0.439 e. The Balaban J connectivity index is 2.26. The molecule has 0 aliphatic heterocycles.